The van der Waals surface area contributed by atoms with Crippen LogP contribution in [0.1, 0.15) is 5.56 Å². The Labute approximate surface area is 128 Å². The van der Waals surface area contributed by atoms with E-state index in [-0.39, 0.29) is 17.1 Å². The van der Waals surface area contributed by atoms with E-state index < -0.39 is 15.8 Å². The summed E-state index contributed by atoms with van der Waals surface area (Å²) in [5, 5.41) is 0.574. The monoisotopic (exact) mass is 328 g/mol. The molecule has 0 aliphatic carbocycles. The lowest BCUT2D eigenvalue weighted by Crippen LogP contribution is -2.26. The molecule has 0 amide bonds. The van der Waals surface area contributed by atoms with E-state index in [4.69, 9.17) is 17.3 Å². The second kappa shape index (κ2) is 6.01. The van der Waals surface area contributed by atoms with Crippen molar-refractivity contribution >= 4 is 27.3 Å². The average molecular weight is 329 g/mol. The third-order valence-electron chi connectivity index (χ3n) is 3.00. The highest BCUT2D eigenvalue weighted by atomic mass is 35.5. The highest BCUT2D eigenvalue weighted by Crippen LogP contribution is 2.21. The zero-order valence-corrected chi connectivity index (χ0v) is 12.8. The van der Waals surface area contributed by atoms with Gasteiger partial charge in [-0.25, -0.2) is 12.8 Å². The largest absolute Gasteiger partial charge is 0.396 e. The van der Waals surface area contributed by atoms with E-state index in [0.717, 1.165) is 15.9 Å². The van der Waals surface area contributed by atoms with Crippen molar-refractivity contribution < 1.29 is 12.8 Å². The molecule has 0 bridgehead atoms. The van der Waals surface area contributed by atoms with Crippen molar-refractivity contribution in [3.8, 4) is 0 Å². The second-order valence-corrected chi connectivity index (χ2v) is 7.05. The van der Waals surface area contributed by atoms with Crippen molar-refractivity contribution in [1.29, 1.82) is 0 Å². The number of hydrogen-bond donors (Lipinski definition) is 1. The summed E-state index contributed by atoms with van der Waals surface area (Å²) < 4.78 is 39.3. The fraction of sp³-hybridized carbons (Fsp3) is 0.143. The molecule has 0 heterocycles. The third-order valence-corrected chi connectivity index (χ3v) is 5.05. The molecule has 2 aromatic carbocycles. The molecule has 0 fully saturated rings. The number of hydrogen-bond acceptors (Lipinski definition) is 3. The first-order chi connectivity index (χ1) is 9.80. The van der Waals surface area contributed by atoms with Gasteiger partial charge in [-0.2, -0.15) is 4.31 Å². The SMILES string of the molecule is CN(Cc1ccc(Cl)cc1)S(=O)(=O)c1ccc(N)c(F)c1. The maximum Gasteiger partial charge on any atom is 0.243 e. The molecule has 0 atom stereocenters. The number of anilines is 1. The Morgan fingerprint density at radius 2 is 1.81 bits per heavy atom. The van der Waals surface area contributed by atoms with E-state index >= 15 is 0 Å². The zero-order valence-electron chi connectivity index (χ0n) is 11.3. The van der Waals surface area contributed by atoms with Gasteiger partial charge in [-0.1, -0.05) is 23.7 Å². The topological polar surface area (TPSA) is 63.4 Å². The lowest BCUT2D eigenvalue weighted by atomic mass is 10.2. The molecule has 21 heavy (non-hydrogen) atoms. The molecular weight excluding hydrogens is 315 g/mol. The van der Waals surface area contributed by atoms with Crippen LogP contribution in [-0.2, 0) is 16.6 Å². The Kier molecular flexibility index (Phi) is 4.51. The average Bonchev–Trinajstić information content (AvgIpc) is 2.44. The normalized spacial score (nSPS) is 11.8. The van der Waals surface area contributed by atoms with Crippen molar-refractivity contribution in [3.05, 3.63) is 58.9 Å². The molecule has 2 aromatic rings. The standard InChI is InChI=1S/C14H14ClFN2O2S/c1-18(9-10-2-4-11(15)5-3-10)21(19,20)12-6-7-14(17)13(16)8-12/h2-8H,9,17H2,1H3. The molecule has 0 aliphatic heterocycles. The Bertz CT molecular complexity index is 748. The fourth-order valence-electron chi connectivity index (χ4n) is 1.78. The van der Waals surface area contributed by atoms with E-state index in [1.807, 2.05) is 0 Å². The van der Waals surface area contributed by atoms with Gasteiger partial charge in [0, 0.05) is 18.6 Å². The molecule has 4 nitrogen and oxygen atoms in total. The smallest absolute Gasteiger partial charge is 0.243 e. The number of nitrogens with zero attached hydrogens (tertiary/aromatic N) is 1. The summed E-state index contributed by atoms with van der Waals surface area (Å²) in [6.45, 7) is 0.158. The van der Waals surface area contributed by atoms with Gasteiger partial charge in [-0.05, 0) is 35.9 Å². The number of nitrogen functional groups attached to an aromatic ring is 1. The molecule has 112 valence electrons. The van der Waals surface area contributed by atoms with Crippen LogP contribution in [0, 0.1) is 5.82 Å². The van der Waals surface area contributed by atoms with Crippen molar-refractivity contribution in [2.75, 3.05) is 12.8 Å². The summed E-state index contributed by atoms with van der Waals surface area (Å²) in [7, 11) is -2.35. The van der Waals surface area contributed by atoms with Gasteiger partial charge >= 0.3 is 0 Å². The molecule has 0 radical (unpaired) electrons. The summed E-state index contributed by atoms with van der Waals surface area (Å²) in [6, 6.07) is 10.3. The first-order valence-electron chi connectivity index (χ1n) is 6.06. The first-order valence-corrected chi connectivity index (χ1v) is 7.88. The van der Waals surface area contributed by atoms with Crippen LogP contribution in [0.15, 0.2) is 47.4 Å². The van der Waals surface area contributed by atoms with Crippen LogP contribution < -0.4 is 5.73 Å². The summed E-state index contributed by atoms with van der Waals surface area (Å²) in [4.78, 5) is -0.134. The van der Waals surface area contributed by atoms with E-state index in [0.29, 0.717) is 5.02 Å². The minimum atomic E-state index is -3.78. The lowest BCUT2D eigenvalue weighted by molar-refractivity contribution is 0.466. The third kappa shape index (κ3) is 3.53. The number of halogens is 2. The molecule has 0 aromatic heterocycles. The van der Waals surface area contributed by atoms with Crippen LogP contribution in [-0.4, -0.2) is 19.8 Å². The van der Waals surface area contributed by atoms with Crippen molar-refractivity contribution in [2.45, 2.75) is 11.4 Å². The summed E-state index contributed by atoms with van der Waals surface area (Å²) in [6.07, 6.45) is 0. The quantitative estimate of drug-likeness (QED) is 0.878. The summed E-state index contributed by atoms with van der Waals surface area (Å²) >= 11 is 5.78. The summed E-state index contributed by atoms with van der Waals surface area (Å²) in [5.41, 5.74) is 6.04. The van der Waals surface area contributed by atoms with Gasteiger partial charge in [-0.15, -0.1) is 0 Å². The van der Waals surface area contributed by atoms with E-state index in [1.54, 1.807) is 24.3 Å². The zero-order chi connectivity index (χ0) is 15.6. The Morgan fingerprint density at radius 3 is 2.38 bits per heavy atom. The predicted octanol–water partition coefficient (Wildman–Crippen LogP) is 2.88. The molecule has 0 saturated heterocycles. The van der Waals surface area contributed by atoms with Gasteiger partial charge in [-0.3, -0.25) is 0 Å². The number of benzene rings is 2. The van der Waals surface area contributed by atoms with Crippen LogP contribution in [0.4, 0.5) is 10.1 Å². The first kappa shape index (κ1) is 15.8. The van der Waals surface area contributed by atoms with Crippen LogP contribution in [0.5, 0.6) is 0 Å². The van der Waals surface area contributed by atoms with Crippen LogP contribution in [0.3, 0.4) is 0 Å². The minimum absolute atomic E-state index is 0.0886. The maximum absolute atomic E-state index is 13.4. The van der Waals surface area contributed by atoms with Crippen LogP contribution in [0.2, 0.25) is 5.02 Å². The predicted molar refractivity (Wildman–Crippen MR) is 80.9 cm³/mol. The Balaban J connectivity index is 2.25. The summed E-state index contributed by atoms with van der Waals surface area (Å²) in [5.74, 6) is -0.754. The molecule has 0 unspecified atom stereocenters. The Morgan fingerprint density at radius 1 is 1.19 bits per heavy atom. The van der Waals surface area contributed by atoms with Crippen molar-refractivity contribution in [3.63, 3.8) is 0 Å². The van der Waals surface area contributed by atoms with Gasteiger partial charge in [0.05, 0.1) is 10.6 Å². The van der Waals surface area contributed by atoms with Gasteiger partial charge in [0.25, 0.3) is 0 Å². The fourth-order valence-corrected chi connectivity index (χ4v) is 3.08. The van der Waals surface area contributed by atoms with Gasteiger partial charge in [0.15, 0.2) is 0 Å². The highest BCUT2D eigenvalue weighted by Gasteiger charge is 2.21. The van der Waals surface area contributed by atoms with Gasteiger partial charge in [0.1, 0.15) is 5.82 Å². The molecule has 7 heteroatoms. The van der Waals surface area contributed by atoms with E-state index in [9.17, 15) is 12.8 Å². The molecule has 2 rings (SSSR count). The Hall–Kier alpha value is -1.63. The van der Waals surface area contributed by atoms with Gasteiger partial charge < -0.3 is 5.73 Å². The van der Waals surface area contributed by atoms with E-state index in [2.05, 4.69) is 0 Å². The number of nitrogens with two attached hydrogens (primary N) is 1. The van der Waals surface area contributed by atoms with Crippen LogP contribution >= 0.6 is 11.6 Å². The van der Waals surface area contributed by atoms with Crippen molar-refractivity contribution in [1.82, 2.24) is 4.31 Å². The van der Waals surface area contributed by atoms with E-state index in [1.165, 1.54) is 19.2 Å². The number of rotatable bonds is 4. The minimum Gasteiger partial charge on any atom is -0.396 e. The number of sulfonamides is 1. The van der Waals surface area contributed by atoms with Crippen molar-refractivity contribution in [2.24, 2.45) is 0 Å². The molecule has 0 saturated carbocycles. The molecule has 0 aliphatic rings. The van der Waals surface area contributed by atoms with Crippen LogP contribution in [0.25, 0.3) is 0 Å². The second-order valence-electron chi connectivity index (χ2n) is 4.57. The maximum atomic E-state index is 13.4. The molecular formula is C14H14ClFN2O2S. The lowest BCUT2D eigenvalue weighted by Gasteiger charge is -2.17. The molecule has 0 spiro atoms. The van der Waals surface area contributed by atoms with Gasteiger partial charge in [0.2, 0.25) is 10.0 Å². The molecule has 2 N–H and O–H groups in total. The highest BCUT2D eigenvalue weighted by molar-refractivity contribution is 7.89.